The van der Waals surface area contributed by atoms with Gasteiger partial charge in [0, 0.05) is 26.1 Å². The van der Waals surface area contributed by atoms with Gasteiger partial charge in [0.1, 0.15) is 17.5 Å². The number of halogens is 3. The zero-order valence-corrected chi connectivity index (χ0v) is 30.1. The number of carboxylic acid groups (broad SMARTS) is 1. The molecule has 3 fully saturated rings. The van der Waals surface area contributed by atoms with E-state index in [0.717, 1.165) is 67.7 Å². The van der Waals surface area contributed by atoms with Crippen LogP contribution in [0.2, 0.25) is 0 Å². The summed E-state index contributed by atoms with van der Waals surface area (Å²) in [6.07, 6.45) is 7.57. The summed E-state index contributed by atoms with van der Waals surface area (Å²) in [6.45, 7) is 6.23. The van der Waals surface area contributed by atoms with Crippen LogP contribution in [0.15, 0.2) is 77.4 Å². The van der Waals surface area contributed by atoms with Gasteiger partial charge in [0.25, 0.3) is 5.91 Å². The van der Waals surface area contributed by atoms with E-state index in [1.807, 2.05) is 24.3 Å². The first-order chi connectivity index (χ1) is 24.9. The molecule has 1 unspecified atom stereocenters. The van der Waals surface area contributed by atoms with Crippen molar-refractivity contribution in [1.82, 2.24) is 5.32 Å². The Hall–Kier alpha value is -3.87. The first-order valence-electron chi connectivity index (χ1n) is 18.4. The lowest BCUT2D eigenvalue weighted by molar-refractivity contribution is -0.944. The molecule has 3 aliphatic rings. The van der Waals surface area contributed by atoms with Crippen LogP contribution >= 0.6 is 0 Å². The van der Waals surface area contributed by atoms with Crippen LogP contribution in [0.1, 0.15) is 74.7 Å². The molecule has 6 rings (SSSR count). The molecule has 0 spiro atoms. The minimum absolute atomic E-state index is 0.0813. The number of piperidine rings is 3. The fraction of sp³-hybridized carbons (Fsp3) is 0.550. The van der Waals surface area contributed by atoms with Gasteiger partial charge in [-0.2, -0.15) is 13.2 Å². The second kappa shape index (κ2) is 19.8. The normalized spacial score (nSPS) is 20.7. The van der Waals surface area contributed by atoms with Crippen LogP contribution in [0.4, 0.5) is 13.2 Å². The Bertz CT molecular complexity index is 1480. The third-order valence-electron chi connectivity index (χ3n) is 10.4. The number of benzene rings is 2. The lowest BCUT2D eigenvalue weighted by Crippen LogP contribution is -2.68. The number of unbranched alkanes of at least 4 members (excludes halogenated alkanes) is 4. The molecule has 0 radical (unpaired) electrons. The number of fused-ring (bicyclic) bond motifs is 3. The fourth-order valence-corrected chi connectivity index (χ4v) is 7.32. The van der Waals surface area contributed by atoms with E-state index < -0.39 is 17.7 Å². The number of nitrogens with zero attached hydrogens (tertiary/aromatic N) is 1. The van der Waals surface area contributed by atoms with E-state index in [2.05, 4.69) is 35.6 Å². The van der Waals surface area contributed by atoms with Crippen molar-refractivity contribution in [3.8, 4) is 5.75 Å². The van der Waals surface area contributed by atoms with Crippen LogP contribution in [-0.2, 0) is 32.8 Å². The maximum atomic E-state index is 13.8. The lowest BCUT2D eigenvalue weighted by atomic mass is 9.80. The summed E-state index contributed by atoms with van der Waals surface area (Å²) in [6, 6.07) is 22.0. The van der Waals surface area contributed by atoms with Crippen LogP contribution in [0.25, 0.3) is 0 Å². The molecule has 2 N–H and O–H groups in total. The number of carbonyl (C=O) groups excluding carboxylic acids is 2. The predicted octanol–water partition coefficient (Wildman–Crippen LogP) is 5.73. The van der Waals surface area contributed by atoms with Crippen LogP contribution in [0.5, 0.6) is 5.75 Å². The van der Waals surface area contributed by atoms with Crippen molar-refractivity contribution >= 4 is 11.9 Å². The van der Waals surface area contributed by atoms with Crippen molar-refractivity contribution in [2.24, 2.45) is 5.92 Å². The molecule has 0 saturated carbocycles. The Kier molecular flexibility index (Phi) is 15.6. The molecule has 4 heterocycles. The molecule has 3 aliphatic heterocycles. The van der Waals surface area contributed by atoms with Gasteiger partial charge in [-0.15, -0.1) is 0 Å². The van der Waals surface area contributed by atoms with Crippen molar-refractivity contribution < 1.29 is 51.3 Å². The average Bonchev–Trinajstić information content (AvgIpc) is 3.70. The van der Waals surface area contributed by atoms with Gasteiger partial charge < -0.3 is 38.7 Å². The van der Waals surface area contributed by atoms with E-state index in [9.17, 15) is 23.1 Å². The predicted molar refractivity (Wildman–Crippen MR) is 188 cm³/mol. The maximum Gasteiger partial charge on any atom is 0.430 e. The maximum absolute atomic E-state index is 13.8. The molecule has 52 heavy (non-hydrogen) atoms. The van der Waals surface area contributed by atoms with Crippen molar-refractivity contribution in [1.29, 1.82) is 0 Å². The highest BCUT2D eigenvalue weighted by Gasteiger charge is 2.49. The number of ether oxygens (including phenoxy) is 2. The van der Waals surface area contributed by atoms with Crippen LogP contribution in [0.3, 0.4) is 0 Å². The number of nitrogens with one attached hydrogen (secondary N) is 1. The summed E-state index contributed by atoms with van der Waals surface area (Å²) < 4.78 is 49.4. The summed E-state index contributed by atoms with van der Waals surface area (Å²) in [5.41, 5.74) is 0.725. The quantitative estimate of drug-likeness (QED) is 0.119. The minimum Gasteiger partial charge on any atom is -0.542 e. The summed E-state index contributed by atoms with van der Waals surface area (Å²) in [7, 11) is 1.64. The Labute approximate surface area is 304 Å². The van der Waals surface area contributed by atoms with Gasteiger partial charge in [-0.05, 0) is 92.7 Å². The number of alkyl halides is 3. The molecule has 2 atom stereocenters. The number of furan rings is 1. The SMILES string of the molecule is COc1ccc(CCC(O)(C(=O)N[C@H]2C[N+]3(CCCCCCOCCCCc4ccccc4)CCC2CC3)c2ccco2)cc1.O=C([O-])C(F)(F)F. The van der Waals surface area contributed by atoms with Crippen molar-refractivity contribution in [3.05, 3.63) is 89.9 Å². The number of amides is 1. The van der Waals surface area contributed by atoms with Gasteiger partial charge >= 0.3 is 6.18 Å². The van der Waals surface area contributed by atoms with E-state index in [1.54, 1.807) is 19.2 Å². The number of hydrogen-bond acceptors (Lipinski definition) is 7. The summed E-state index contributed by atoms with van der Waals surface area (Å²) in [4.78, 5) is 22.6. The number of hydrogen-bond donors (Lipinski definition) is 2. The summed E-state index contributed by atoms with van der Waals surface area (Å²) >= 11 is 0. The number of rotatable bonds is 19. The van der Waals surface area contributed by atoms with Gasteiger partial charge in [-0.3, -0.25) is 4.79 Å². The molecular formula is C40H53F3N2O7. The van der Waals surface area contributed by atoms with Gasteiger partial charge in [0.2, 0.25) is 5.60 Å². The van der Waals surface area contributed by atoms with Gasteiger partial charge in [-0.1, -0.05) is 48.9 Å². The summed E-state index contributed by atoms with van der Waals surface area (Å²) in [5, 5.41) is 23.9. The molecule has 12 heteroatoms. The first kappa shape index (κ1) is 40.9. The molecule has 0 aliphatic carbocycles. The number of aliphatic hydroxyl groups is 1. The standard InChI is InChI=1S/C38H52N2O5.C2HF3O2/c1-43-34-18-16-32(17-19-34)20-23-38(42,36-15-11-29-45-36)37(41)39-35-30-40(25-21-33(35)22-26-40)24-8-2-3-9-27-44-28-10-7-14-31-12-5-4-6-13-31;3-2(4,5)1(6)7/h4-6,11-13,15-19,29,33,35,42H,2-3,7-10,14,20-28,30H2,1H3;(H,6,7)/t33?,35-,38?,40?;/m0./s1. The minimum atomic E-state index is -5.19. The highest BCUT2D eigenvalue weighted by atomic mass is 19.4. The van der Waals surface area contributed by atoms with Crippen LogP contribution in [0, 0.1) is 5.92 Å². The average molecular weight is 731 g/mol. The molecule has 2 aromatic carbocycles. The van der Waals surface area contributed by atoms with Gasteiger partial charge in [0.15, 0.2) is 0 Å². The summed E-state index contributed by atoms with van der Waals surface area (Å²) in [5.74, 6) is -1.79. The number of methoxy groups -OCH3 is 1. The number of aryl methyl sites for hydroxylation is 2. The zero-order valence-electron chi connectivity index (χ0n) is 30.1. The first-order valence-corrected chi connectivity index (χ1v) is 18.4. The molecule has 1 aromatic heterocycles. The zero-order chi connectivity index (χ0) is 37.5. The molecule has 1 amide bonds. The van der Waals surface area contributed by atoms with E-state index in [4.69, 9.17) is 23.8 Å². The van der Waals surface area contributed by atoms with Crippen molar-refractivity contribution in [2.75, 3.05) is 46.5 Å². The molecule has 286 valence electrons. The van der Waals surface area contributed by atoms with Crippen LogP contribution in [-0.4, -0.2) is 80.2 Å². The number of aliphatic carboxylic acids is 1. The van der Waals surface area contributed by atoms with Crippen molar-refractivity contribution in [2.45, 2.75) is 88.4 Å². The lowest BCUT2D eigenvalue weighted by Gasteiger charge is -2.53. The third kappa shape index (κ3) is 12.4. The second-order valence-corrected chi connectivity index (χ2v) is 14.1. The smallest absolute Gasteiger partial charge is 0.430 e. The van der Waals surface area contributed by atoms with Gasteiger partial charge in [-0.25, -0.2) is 0 Å². The van der Waals surface area contributed by atoms with E-state index in [-0.39, 0.29) is 18.4 Å². The third-order valence-corrected chi connectivity index (χ3v) is 10.4. The Morgan fingerprint density at radius 2 is 1.52 bits per heavy atom. The number of carboxylic acids is 1. The molecular weight excluding hydrogens is 677 g/mol. The fourth-order valence-electron chi connectivity index (χ4n) is 7.32. The molecule has 2 bridgehead atoms. The Morgan fingerprint density at radius 3 is 2.13 bits per heavy atom. The monoisotopic (exact) mass is 730 g/mol. The molecule has 3 aromatic rings. The Morgan fingerprint density at radius 1 is 0.885 bits per heavy atom. The van der Waals surface area contributed by atoms with Crippen LogP contribution < -0.4 is 15.2 Å². The Balaban J connectivity index is 0.000000785. The second-order valence-electron chi connectivity index (χ2n) is 14.1. The highest BCUT2D eigenvalue weighted by Crippen LogP contribution is 2.36. The molecule has 9 nitrogen and oxygen atoms in total. The number of carbonyl (C=O) groups is 2. The highest BCUT2D eigenvalue weighted by molar-refractivity contribution is 5.86. The van der Waals surface area contributed by atoms with E-state index in [1.165, 1.54) is 57.1 Å². The van der Waals surface area contributed by atoms with Gasteiger partial charge in [0.05, 0.1) is 45.6 Å². The van der Waals surface area contributed by atoms with Crippen molar-refractivity contribution in [3.63, 3.8) is 0 Å². The number of quaternary nitrogens is 1. The largest absolute Gasteiger partial charge is 0.542 e. The topological polar surface area (TPSA) is 121 Å². The van der Waals surface area contributed by atoms with E-state index >= 15 is 0 Å². The molecule has 3 saturated heterocycles. The van der Waals surface area contributed by atoms with E-state index in [0.29, 0.717) is 18.1 Å².